The lowest BCUT2D eigenvalue weighted by atomic mass is 10.1. The Balaban J connectivity index is 2.55. The highest BCUT2D eigenvalue weighted by atomic mass is 19.1. The molecule has 0 bridgehead atoms. The van der Waals surface area contributed by atoms with Gasteiger partial charge in [-0.15, -0.1) is 0 Å². The van der Waals surface area contributed by atoms with Crippen LogP contribution in [0.5, 0.6) is 0 Å². The predicted molar refractivity (Wildman–Crippen MR) is 43.0 cm³/mol. The van der Waals surface area contributed by atoms with Gasteiger partial charge in [-0.25, -0.2) is 4.39 Å². The van der Waals surface area contributed by atoms with Gasteiger partial charge >= 0.3 is 0 Å². The molecule has 1 aliphatic carbocycles. The second kappa shape index (κ2) is 2.54. The van der Waals surface area contributed by atoms with E-state index in [1.165, 1.54) is 6.07 Å². The molecule has 1 aliphatic rings. The number of benzene rings is 1. The van der Waals surface area contributed by atoms with Crippen LogP contribution in [0.15, 0.2) is 18.2 Å². The van der Waals surface area contributed by atoms with Gasteiger partial charge in [0.25, 0.3) is 0 Å². The van der Waals surface area contributed by atoms with E-state index in [0.29, 0.717) is 12.0 Å². The van der Waals surface area contributed by atoms with Crippen LogP contribution in [0.25, 0.3) is 0 Å². The first-order valence-electron chi connectivity index (χ1n) is 3.91. The molecular weight excluding hydrogens is 157 g/mol. The van der Waals surface area contributed by atoms with Gasteiger partial charge in [-0.05, 0) is 11.6 Å². The van der Waals surface area contributed by atoms with E-state index < -0.39 is 12.1 Å². The van der Waals surface area contributed by atoms with Crippen molar-refractivity contribution in [1.82, 2.24) is 0 Å². The van der Waals surface area contributed by atoms with E-state index in [9.17, 15) is 9.50 Å². The van der Waals surface area contributed by atoms with Gasteiger partial charge in [-0.2, -0.15) is 0 Å². The van der Waals surface area contributed by atoms with Gasteiger partial charge in [-0.3, -0.25) is 0 Å². The number of fused-ring (bicyclic) bond motifs is 1. The van der Waals surface area contributed by atoms with Gasteiger partial charge in [0, 0.05) is 12.0 Å². The highest BCUT2D eigenvalue weighted by Crippen LogP contribution is 2.31. The second-order valence-corrected chi connectivity index (χ2v) is 3.11. The summed E-state index contributed by atoms with van der Waals surface area (Å²) in [7, 11) is 0. The highest BCUT2D eigenvalue weighted by Gasteiger charge is 2.30. The Kier molecular flexibility index (Phi) is 1.63. The fourth-order valence-electron chi connectivity index (χ4n) is 1.68. The Hall–Kier alpha value is -0.930. The quantitative estimate of drug-likeness (QED) is 0.598. The van der Waals surface area contributed by atoms with Crippen molar-refractivity contribution in [2.45, 2.75) is 18.6 Å². The van der Waals surface area contributed by atoms with E-state index in [1.807, 2.05) is 0 Å². The van der Waals surface area contributed by atoms with Gasteiger partial charge in [0.05, 0.1) is 12.1 Å². The van der Waals surface area contributed by atoms with Crippen LogP contribution in [-0.2, 0) is 6.42 Å². The molecule has 0 heterocycles. The number of rotatable bonds is 0. The standard InChI is InChI=1S/C9H10FNO/c10-6-3-1-2-5-4-7(12)9(11)8(5)6/h1-3,7,9,12H,4,11H2/t7-,9-/m0/s1. The minimum Gasteiger partial charge on any atom is -0.391 e. The molecule has 0 unspecified atom stereocenters. The molecule has 0 amide bonds. The number of nitrogens with two attached hydrogens (primary N) is 1. The van der Waals surface area contributed by atoms with Gasteiger partial charge in [0.15, 0.2) is 0 Å². The Labute approximate surface area is 69.8 Å². The van der Waals surface area contributed by atoms with Crippen molar-refractivity contribution < 1.29 is 9.50 Å². The molecule has 0 radical (unpaired) electrons. The molecule has 2 atom stereocenters. The molecule has 3 N–H and O–H groups in total. The lowest BCUT2D eigenvalue weighted by Crippen LogP contribution is -2.21. The maximum absolute atomic E-state index is 13.1. The number of hydrogen-bond acceptors (Lipinski definition) is 2. The zero-order valence-corrected chi connectivity index (χ0v) is 6.50. The lowest BCUT2D eigenvalue weighted by Gasteiger charge is -2.08. The van der Waals surface area contributed by atoms with Crippen molar-refractivity contribution in [2.75, 3.05) is 0 Å². The minimum atomic E-state index is -0.628. The van der Waals surface area contributed by atoms with Crippen LogP contribution in [0.4, 0.5) is 4.39 Å². The maximum atomic E-state index is 13.1. The molecule has 2 rings (SSSR count). The largest absolute Gasteiger partial charge is 0.391 e. The fourth-order valence-corrected chi connectivity index (χ4v) is 1.68. The van der Waals surface area contributed by atoms with Gasteiger partial charge < -0.3 is 10.8 Å². The smallest absolute Gasteiger partial charge is 0.128 e. The van der Waals surface area contributed by atoms with Gasteiger partial charge in [0.2, 0.25) is 0 Å². The Morgan fingerprint density at radius 3 is 2.92 bits per heavy atom. The zero-order valence-electron chi connectivity index (χ0n) is 6.50. The van der Waals surface area contributed by atoms with Crippen molar-refractivity contribution in [2.24, 2.45) is 5.73 Å². The van der Waals surface area contributed by atoms with E-state index in [2.05, 4.69) is 0 Å². The normalized spacial score (nSPS) is 27.2. The van der Waals surface area contributed by atoms with Crippen LogP contribution in [0.2, 0.25) is 0 Å². The van der Waals surface area contributed by atoms with Crippen LogP contribution in [0.3, 0.4) is 0 Å². The molecule has 64 valence electrons. The van der Waals surface area contributed by atoms with Crippen molar-refractivity contribution in [3.8, 4) is 0 Å². The molecule has 0 fully saturated rings. The maximum Gasteiger partial charge on any atom is 0.128 e. The molecule has 3 heteroatoms. The van der Waals surface area contributed by atoms with Crippen molar-refractivity contribution in [3.05, 3.63) is 35.1 Å². The van der Waals surface area contributed by atoms with E-state index in [0.717, 1.165) is 5.56 Å². The van der Waals surface area contributed by atoms with Crippen LogP contribution in [0, 0.1) is 5.82 Å². The third-order valence-electron chi connectivity index (χ3n) is 2.32. The van der Waals surface area contributed by atoms with Crippen molar-refractivity contribution >= 4 is 0 Å². The average molecular weight is 167 g/mol. The lowest BCUT2D eigenvalue weighted by molar-refractivity contribution is 0.157. The number of aliphatic hydroxyl groups excluding tert-OH is 1. The SMILES string of the molecule is N[C@@H]1c2c(F)cccc2C[C@@H]1O. The van der Waals surface area contributed by atoms with Gasteiger partial charge in [-0.1, -0.05) is 12.1 Å². The molecule has 1 aromatic rings. The van der Waals surface area contributed by atoms with E-state index in [1.54, 1.807) is 12.1 Å². The molecule has 0 aliphatic heterocycles. The molecule has 1 aromatic carbocycles. The monoisotopic (exact) mass is 167 g/mol. The molecule has 2 nitrogen and oxygen atoms in total. The van der Waals surface area contributed by atoms with E-state index in [4.69, 9.17) is 5.73 Å². The Morgan fingerprint density at radius 1 is 1.50 bits per heavy atom. The predicted octanol–water partition coefficient (Wildman–Crippen LogP) is 0.742. The molecule has 0 aromatic heterocycles. The summed E-state index contributed by atoms with van der Waals surface area (Å²) < 4.78 is 13.1. The zero-order chi connectivity index (χ0) is 8.72. The summed E-state index contributed by atoms with van der Waals surface area (Å²) in [6.45, 7) is 0. The topological polar surface area (TPSA) is 46.2 Å². The summed E-state index contributed by atoms with van der Waals surface area (Å²) in [5.41, 5.74) is 6.91. The summed E-state index contributed by atoms with van der Waals surface area (Å²) in [5.74, 6) is -0.309. The van der Waals surface area contributed by atoms with Crippen LogP contribution >= 0.6 is 0 Å². The fraction of sp³-hybridized carbons (Fsp3) is 0.333. The summed E-state index contributed by atoms with van der Waals surface area (Å²) in [6.07, 6.45) is -0.161. The van der Waals surface area contributed by atoms with Crippen molar-refractivity contribution in [1.29, 1.82) is 0 Å². The Morgan fingerprint density at radius 2 is 2.25 bits per heavy atom. The Bertz CT molecular complexity index is 313. The summed E-state index contributed by atoms with van der Waals surface area (Å²) in [4.78, 5) is 0. The second-order valence-electron chi connectivity index (χ2n) is 3.11. The van der Waals surface area contributed by atoms with E-state index in [-0.39, 0.29) is 5.82 Å². The van der Waals surface area contributed by atoms with Crippen LogP contribution < -0.4 is 5.73 Å². The molecule has 0 saturated heterocycles. The number of aliphatic hydroxyl groups is 1. The average Bonchev–Trinajstić information content (AvgIpc) is 2.29. The number of halogens is 1. The number of hydrogen-bond donors (Lipinski definition) is 2. The van der Waals surface area contributed by atoms with Gasteiger partial charge in [0.1, 0.15) is 5.82 Å². The summed E-state index contributed by atoms with van der Waals surface area (Å²) >= 11 is 0. The minimum absolute atomic E-state index is 0.309. The third kappa shape index (κ3) is 0.940. The molecular formula is C9H10FNO. The third-order valence-corrected chi connectivity index (χ3v) is 2.32. The van der Waals surface area contributed by atoms with Crippen LogP contribution in [-0.4, -0.2) is 11.2 Å². The van der Waals surface area contributed by atoms with Crippen molar-refractivity contribution in [3.63, 3.8) is 0 Å². The van der Waals surface area contributed by atoms with E-state index >= 15 is 0 Å². The first-order chi connectivity index (χ1) is 5.70. The highest BCUT2D eigenvalue weighted by molar-refractivity contribution is 5.37. The molecule has 0 saturated carbocycles. The molecule has 12 heavy (non-hydrogen) atoms. The summed E-state index contributed by atoms with van der Waals surface area (Å²) in [6, 6.07) is 4.26. The first kappa shape index (κ1) is 7.71. The summed E-state index contributed by atoms with van der Waals surface area (Å²) in [5, 5.41) is 9.35. The molecule has 0 spiro atoms. The first-order valence-corrected chi connectivity index (χ1v) is 3.91. The van der Waals surface area contributed by atoms with Crippen LogP contribution in [0.1, 0.15) is 17.2 Å².